The largest absolute Gasteiger partial charge is 0.464 e. The topological polar surface area (TPSA) is 80.3 Å². The van der Waals surface area contributed by atoms with Crippen LogP contribution in [0.4, 0.5) is 5.13 Å². The lowest BCUT2D eigenvalue weighted by Gasteiger charge is -2.02. The van der Waals surface area contributed by atoms with E-state index in [1.807, 2.05) is 6.92 Å². The van der Waals surface area contributed by atoms with Gasteiger partial charge in [-0.15, -0.1) is 11.3 Å². The van der Waals surface area contributed by atoms with Gasteiger partial charge in [-0.2, -0.15) is 0 Å². The van der Waals surface area contributed by atoms with Crippen molar-refractivity contribution in [2.45, 2.75) is 13.8 Å². The molecule has 0 aromatic carbocycles. The normalized spacial score (nSPS) is 9.82. The lowest BCUT2D eigenvalue weighted by Crippen LogP contribution is -2.26. The van der Waals surface area contributed by atoms with Crippen LogP contribution in [0.3, 0.4) is 0 Å². The number of nitrogens with one attached hydrogen (secondary N) is 2. The van der Waals surface area contributed by atoms with Gasteiger partial charge in [0, 0.05) is 24.9 Å². The standard InChI is InChI=1S/C10H15N3O3S/c1-6-8(9(15)16-3)13-10(17-6)12-5-4-11-7(2)14/h4-5H2,1-3H3,(H,11,14)(H,12,13). The molecule has 0 spiro atoms. The van der Waals surface area contributed by atoms with Crippen LogP contribution < -0.4 is 10.6 Å². The number of aryl methyl sites for hydroxylation is 1. The molecule has 0 unspecified atom stereocenters. The first-order chi connectivity index (χ1) is 8.04. The third kappa shape index (κ3) is 4.03. The van der Waals surface area contributed by atoms with Crippen molar-refractivity contribution in [1.29, 1.82) is 0 Å². The van der Waals surface area contributed by atoms with Gasteiger partial charge in [0.05, 0.1) is 7.11 Å². The highest BCUT2D eigenvalue weighted by molar-refractivity contribution is 7.15. The summed E-state index contributed by atoms with van der Waals surface area (Å²) in [5.74, 6) is -0.508. The second-order valence-corrected chi connectivity index (χ2v) is 4.53. The van der Waals surface area contributed by atoms with E-state index < -0.39 is 5.97 Å². The number of carbonyl (C=O) groups excluding carboxylic acids is 2. The smallest absolute Gasteiger partial charge is 0.357 e. The fourth-order valence-corrected chi connectivity index (χ4v) is 1.99. The molecule has 7 heteroatoms. The molecule has 0 aliphatic carbocycles. The summed E-state index contributed by atoms with van der Waals surface area (Å²) in [5.41, 5.74) is 0.333. The number of esters is 1. The van der Waals surface area contributed by atoms with E-state index >= 15 is 0 Å². The van der Waals surface area contributed by atoms with Crippen LogP contribution in [0, 0.1) is 6.92 Å². The molecule has 1 aromatic rings. The minimum atomic E-state index is -0.436. The summed E-state index contributed by atoms with van der Waals surface area (Å²) in [6.07, 6.45) is 0. The Bertz CT molecular complexity index is 417. The molecule has 0 aliphatic heterocycles. The Balaban J connectivity index is 2.50. The van der Waals surface area contributed by atoms with E-state index in [4.69, 9.17) is 0 Å². The van der Waals surface area contributed by atoms with E-state index in [0.717, 1.165) is 4.88 Å². The molecule has 0 radical (unpaired) electrons. The molecule has 1 heterocycles. The van der Waals surface area contributed by atoms with E-state index in [0.29, 0.717) is 23.9 Å². The number of rotatable bonds is 5. The van der Waals surface area contributed by atoms with Gasteiger partial charge in [0.2, 0.25) is 5.91 Å². The van der Waals surface area contributed by atoms with Gasteiger partial charge in [-0.3, -0.25) is 4.79 Å². The Kier molecular flexibility index (Phi) is 4.89. The van der Waals surface area contributed by atoms with E-state index in [1.54, 1.807) is 0 Å². The van der Waals surface area contributed by atoms with Crippen molar-refractivity contribution in [3.63, 3.8) is 0 Å². The van der Waals surface area contributed by atoms with Gasteiger partial charge in [0.1, 0.15) is 0 Å². The maximum Gasteiger partial charge on any atom is 0.357 e. The number of thiazole rings is 1. The average Bonchev–Trinajstić information content (AvgIpc) is 2.65. The maximum absolute atomic E-state index is 11.3. The van der Waals surface area contributed by atoms with Crippen LogP contribution in [0.5, 0.6) is 0 Å². The fourth-order valence-electron chi connectivity index (χ4n) is 1.17. The van der Waals surface area contributed by atoms with Gasteiger partial charge < -0.3 is 15.4 Å². The van der Waals surface area contributed by atoms with E-state index in [9.17, 15) is 9.59 Å². The van der Waals surface area contributed by atoms with Gasteiger partial charge >= 0.3 is 5.97 Å². The molecule has 0 aliphatic rings. The maximum atomic E-state index is 11.3. The molecule has 6 nitrogen and oxygen atoms in total. The lowest BCUT2D eigenvalue weighted by atomic mass is 10.4. The van der Waals surface area contributed by atoms with Crippen LogP contribution >= 0.6 is 11.3 Å². The van der Waals surface area contributed by atoms with Crippen molar-refractivity contribution in [2.75, 3.05) is 25.5 Å². The zero-order chi connectivity index (χ0) is 12.8. The van der Waals surface area contributed by atoms with Crippen molar-refractivity contribution < 1.29 is 14.3 Å². The van der Waals surface area contributed by atoms with Gasteiger partial charge in [0.15, 0.2) is 10.8 Å². The van der Waals surface area contributed by atoms with E-state index in [2.05, 4.69) is 20.4 Å². The number of aromatic nitrogens is 1. The van der Waals surface area contributed by atoms with Crippen molar-refractivity contribution in [2.24, 2.45) is 0 Å². The number of methoxy groups -OCH3 is 1. The second-order valence-electron chi connectivity index (χ2n) is 3.33. The predicted octanol–water partition coefficient (Wildman–Crippen LogP) is 0.786. The summed E-state index contributed by atoms with van der Waals surface area (Å²) in [4.78, 5) is 26.9. The van der Waals surface area contributed by atoms with Crippen LogP contribution in [0.1, 0.15) is 22.3 Å². The first-order valence-corrected chi connectivity index (χ1v) is 5.90. The second kappa shape index (κ2) is 6.19. The van der Waals surface area contributed by atoms with Crippen molar-refractivity contribution in [3.8, 4) is 0 Å². The van der Waals surface area contributed by atoms with Crippen LogP contribution in [-0.2, 0) is 9.53 Å². The number of amides is 1. The Morgan fingerprint density at radius 1 is 1.41 bits per heavy atom. The zero-order valence-corrected chi connectivity index (χ0v) is 10.8. The Labute approximate surface area is 103 Å². The van der Waals surface area contributed by atoms with Crippen LogP contribution in [0.2, 0.25) is 0 Å². The van der Waals surface area contributed by atoms with E-state index in [-0.39, 0.29) is 5.91 Å². The monoisotopic (exact) mass is 257 g/mol. The average molecular weight is 257 g/mol. The molecule has 0 fully saturated rings. The SMILES string of the molecule is COC(=O)c1nc(NCCNC(C)=O)sc1C. The van der Waals surface area contributed by atoms with Gasteiger partial charge in [0.25, 0.3) is 0 Å². The zero-order valence-electron chi connectivity index (χ0n) is 9.99. The van der Waals surface area contributed by atoms with Crippen LogP contribution in [0.15, 0.2) is 0 Å². The third-order valence-corrected chi connectivity index (χ3v) is 2.88. The van der Waals surface area contributed by atoms with Crippen LogP contribution in [0.25, 0.3) is 0 Å². The molecule has 2 N–H and O–H groups in total. The van der Waals surface area contributed by atoms with Crippen molar-refractivity contribution in [1.82, 2.24) is 10.3 Å². The molecule has 94 valence electrons. The van der Waals surface area contributed by atoms with Gasteiger partial charge in [-0.25, -0.2) is 9.78 Å². The molecule has 0 saturated carbocycles. The Morgan fingerprint density at radius 2 is 2.12 bits per heavy atom. The molecule has 0 saturated heterocycles. The number of hydrogen-bond donors (Lipinski definition) is 2. The molecule has 17 heavy (non-hydrogen) atoms. The van der Waals surface area contributed by atoms with Crippen molar-refractivity contribution >= 4 is 28.3 Å². The minimum Gasteiger partial charge on any atom is -0.464 e. The minimum absolute atomic E-state index is 0.0719. The molecule has 1 aromatic heterocycles. The number of hydrogen-bond acceptors (Lipinski definition) is 6. The lowest BCUT2D eigenvalue weighted by molar-refractivity contribution is -0.118. The molecule has 0 atom stereocenters. The van der Waals surface area contributed by atoms with E-state index in [1.165, 1.54) is 25.4 Å². The third-order valence-electron chi connectivity index (χ3n) is 1.95. The summed E-state index contributed by atoms with van der Waals surface area (Å²) < 4.78 is 4.61. The Hall–Kier alpha value is -1.63. The summed E-state index contributed by atoms with van der Waals surface area (Å²) in [6, 6.07) is 0. The molecular formula is C10H15N3O3S. The number of anilines is 1. The molecule has 0 bridgehead atoms. The van der Waals surface area contributed by atoms with Crippen LogP contribution in [-0.4, -0.2) is 37.1 Å². The highest BCUT2D eigenvalue weighted by Gasteiger charge is 2.15. The fraction of sp³-hybridized carbons (Fsp3) is 0.500. The number of nitrogens with zero attached hydrogens (tertiary/aromatic N) is 1. The van der Waals surface area contributed by atoms with Gasteiger partial charge in [-0.1, -0.05) is 0 Å². The molecule has 1 amide bonds. The quantitative estimate of drug-likeness (QED) is 0.602. The number of ether oxygens (including phenoxy) is 1. The number of carbonyl (C=O) groups is 2. The highest BCUT2D eigenvalue weighted by Crippen LogP contribution is 2.22. The summed E-state index contributed by atoms with van der Waals surface area (Å²) in [6.45, 7) is 4.35. The highest BCUT2D eigenvalue weighted by atomic mass is 32.1. The van der Waals surface area contributed by atoms with Crippen molar-refractivity contribution in [3.05, 3.63) is 10.6 Å². The summed E-state index contributed by atoms with van der Waals surface area (Å²) in [5, 5.41) is 6.33. The molecular weight excluding hydrogens is 242 g/mol. The Morgan fingerprint density at radius 3 is 2.71 bits per heavy atom. The summed E-state index contributed by atoms with van der Waals surface area (Å²) >= 11 is 1.38. The predicted molar refractivity (Wildman–Crippen MR) is 65.4 cm³/mol. The first kappa shape index (κ1) is 13.4. The first-order valence-electron chi connectivity index (χ1n) is 5.08. The summed E-state index contributed by atoms with van der Waals surface area (Å²) in [7, 11) is 1.32. The molecule has 1 rings (SSSR count). The van der Waals surface area contributed by atoms with Gasteiger partial charge in [-0.05, 0) is 6.92 Å².